The van der Waals surface area contributed by atoms with E-state index in [1.807, 2.05) is 12.1 Å². The van der Waals surface area contributed by atoms with Crippen LogP contribution in [0.25, 0.3) is 0 Å². The molecule has 256 valence electrons. The van der Waals surface area contributed by atoms with E-state index in [2.05, 4.69) is 139 Å². The molecular formula is C42H50ClN5O. The average Bonchev–Trinajstić information content (AvgIpc) is 3.50. The fourth-order valence-corrected chi connectivity index (χ4v) is 7.90. The zero-order valence-electron chi connectivity index (χ0n) is 29.0. The number of oxazole rings is 1. The van der Waals surface area contributed by atoms with Crippen molar-refractivity contribution in [2.24, 2.45) is 17.6 Å². The number of aromatic nitrogens is 1. The highest BCUT2D eigenvalue weighted by Crippen LogP contribution is 2.46. The average molecular weight is 676 g/mol. The normalized spacial score (nSPS) is 18.2. The lowest BCUT2D eigenvalue weighted by Crippen LogP contribution is -2.40. The van der Waals surface area contributed by atoms with E-state index in [9.17, 15) is 0 Å². The molecule has 3 N–H and O–H groups in total. The Bertz CT molecular complexity index is 1700. The van der Waals surface area contributed by atoms with Crippen LogP contribution in [-0.4, -0.2) is 36.7 Å². The van der Waals surface area contributed by atoms with Gasteiger partial charge in [-0.3, -0.25) is 0 Å². The van der Waals surface area contributed by atoms with E-state index in [0.717, 1.165) is 60.3 Å². The van der Waals surface area contributed by atoms with Crippen LogP contribution in [0.3, 0.4) is 0 Å². The third-order valence-electron chi connectivity index (χ3n) is 10.0. The van der Waals surface area contributed by atoms with Crippen molar-refractivity contribution in [1.29, 1.82) is 0 Å². The molecule has 3 unspecified atom stereocenters. The Morgan fingerprint density at radius 1 is 0.776 bits per heavy atom. The topological polar surface area (TPSA) is 70.6 Å². The number of anilines is 2. The Kier molecular flexibility index (Phi) is 11.7. The number of rotatable bonds is 14. The van der Waals surface area contributed by atoms with Crippen LogP contribution in [0.15, 0.2) is 120 Å². The standard InChI is InChI=1S/C42H50ClN5O/c1-30(27-31-13-7-4-8-14-31)45-41-38(28-32-15-9-5-10-16-32)46-42(49-41)40(48(29-44)37-17-11-6-12-18-37)35-21-19-33(20-22-35)39(47(2)3)34-23-25-36(43)26-24-34/h4-18,23-26,30,33,35,39-40,45H,19-22,27-29,44H2,1-3H3. The van der Waals surface area contributed by atoms with E-state index < -0.39 is 0 Å². The van der Waals surface area contributed by atoms with Gasteiger partial charge in [-0.15, -0.1) is 0 Å². The van der Waals surface area contributed by atoms with Gasteiger partial charge in [-0.2, -0.15) is 0 Å². The molecule has 0 aliphatic heterocycles. The van der Waals surface area contributed by atoms with Gasteiger partial charge in [-0.25, -0.2) is 4.98 Å². The zero-order chi connectivity index (χ0) is 34.2. The number of nitrogens with one attached hydrogen (secondary N) is 1. The molecule has 0 bridgehead atoms. The second-order valence-corrected chi connectivity index (χ2v) is 14.2. The number of nitrogens with zero attached hydrogens (tertiary/aromatic N) is 3. The highest BCUT2D eigenvalue weighted by molar-refractivity contribution is 6.30. The van der Waals surface area contributed by atoms with Crippen molar-refractivity contribution in [3.63, 3.8) is 0 Å². The van der Waals surface area contributed by atoms with Crippen molar-refractivity contribution >= 4 is 23.2 Å². The Morgan fingerprint density at radius 3 is 1.90 bits per heavy atom. The van der Waals surface area contributed by atoms with Crippen LogP contribution < -0.4 is 16.0 Å². The second kappa shape index (κ2) is 16.5. The minimum Gasteiger partial charge on any atom is -0.423 e. The molecule has 6 nitrogen and oxygen atoms in total. The highest BCUT2D eigenvalue weighted by Gasteiger charge is 2.39. The Balaban J connectivity index is 1.32. The molecule has 0 saturated heterocycles. The largest absolute Gasteiger partial charge is 0.423 e. The molecule has 49 heavy (non-hydrogen) atoms. The number of hydrogen-bond acceptors (Lipinski definition) is 6. The van der Waals surface area contributed by atoms with E-state index in [1.54, 1.807) is 0 Å². The molecule has 1 fully saturated rings. The van der Waals surface area contributed by atoms with Gasteiger partial charge in [0.25, 0.3) is 0 Å². The number of hydrogen-bond donors (Lipinski definition) is 2. The summed E-state index contributed by atoms with van der Waals surface area (Å²) in [5.41, 5.74) is 12.4. The van der Waals surface area contributed by atoms with Crippen LogP contribution in [0.5, 0.6) is 0 Å². The summed E-state index contributed by atoms with van der Waals surface area (Å²) in [5.74, 6) is 2.35. The molecule has 3 atom stereocenters. The van der Waals surface area contributed by atoms with Crippen LogP contribution in [0.2, 0.25) is 5.02 Å². The van der Waals surface area contributed by atoms with Gasteiger partial charge < -0.3 is 25.3 Å². The number of para-hydroxylation sites is 1. The van der Waals surface area contributed by atoms with Crippen molar-refractivity contribution in [2.75, 3.05) is 31.0 Å². The van der Waals surface area contributed by atoms with Crippen LogP contribution >= 0.6 is 11.6 Å². The first-order chi connectivity index (χ1) is 23.9. The summed E-state index contributed by atoms with van der Waals surface area (Å²) in [4.78, 5) is 9.98. The van der Waals surface area contributed by atoms with Crippen molar-refractivity contribution in [3.05, 3.63) is 149 Å². The summed E-state index contributed by atoms with van der Waals surface area (Å²) in [6.07, 6.45) is 5.89. The number of halogens is 1. The van der Waals surface area contributed by atoms with Crippen LogP contribution in [0.1, 0.15) is 73.0 Å². The van der Waals surface area contributed by atoms with Gasteiger partial charge in [0, 0.05) is 29.2 Å². The Morgan fingerprint density at radius 2 is 1.33 bits per heavy atom. The third kappa shape index (κ3) is 8.74. The molecule has 1 saturated carbocycles. The molecule has 0 radical (unpaired) electrons. The number of nitrogens with two attached hydrogens (primary N) is 1. The van der Waals surface area contributed by atoms with Crippen LogP contribution in [-0.2, 0) is 12.8 Å². The molecule has 5 aromatic rings. The molecule has 7 heteroatoms. The van der Waals surface area contributed by atoms with Gasteiger partial charge in [0.15, 0.2) is 0 Å². The van der Waals surface area contributed by atoms with Crippen molar-refractivity contribution in [3.8, 4) is 0 Å². The Hall–Kier alpha value is -4.10. The van der Waals surface area contributed by atoms with E-state index in [0.29, 0.717) is 31.0 Å². The van der Waals surface area contributed by atoms with Gasteiger partial charge in [-0.1, -0.05) is 103 Å². The van der Waals surface area contributed by atoms with Gasteiger partial charge in [0.05, 0.1) is 6.67 Å². The SMILES string of the molecule is CC(Cc1ccccc1)Nc1oc(C(C2CCC(C(c3ccc(Cl)cc3)N(C)C)CC2)N(CN)c2ccccc2)nc1Cc1ccccc1. The summed E-state index contributed by atoms with van der Waals surface area (Å²) in [7, 11) is 4.38. The number of benzene rings is 4. The highest BCUT2D eigenvalue weighted by atomic mass is 35.5. The van der Waals surface area contributed by atoms with Crippen molar-refractivity contribution in [1.82, 2.24) is 9.88 Å². The summed E-state index contributed by atoms with van der Waals surface area (Å²) in [6.45, 7) is 2.57. The van der Waals surface area contributed by atoms with Gasteiger partial charge in [-0.05, 0) is 106 Å². The van der Waals surface area contributed by atoms with Gasteiger partial charge in [0.1, 0.15) is 11.7 Å². The van der Waals surface area contributed by atoms with Crippen molar-refractivity contribution < 1.29 is 4.42 Å². The van der Waals surface area contributed by atoms with Gasteiger partial charge >= 0.3 is 0 Å². The molecule has 4 aromatic carbocycles. The molecule has 0 amide bonds. The molecule has 1 aliphatic carbocycles. The summed E-state index contributed by atoms with van der Waals surface area (Å²) in [5, 5.41) is 4.49. The fourth-order valence-electron chi connectivity index (χ4n) is 7.78. The maximum Gasteiger partial charge on any atom is 0.220 e. The maximum atomic E-state index is 6.87. The fraction of sp³-hybridized carbons (Fsp3) is 0.357. The van der Waals surface area contributed by atoms with E-state index in [4.69, 9.17) is 26.7 Å². The van der Waals surface area contributed by atoms with E-state index in [-0.39, 0.29) is 12.1 Å². The maximum absolute atomic E-state index is 6.87. The second-order valence-electron chi connectivity index (χ2n) is 13.8. The Labute approximate surface area is 297 Å². The minimum atomic E-state index is -0.101. The smallest absolute Gasteiger partial charge is 0.220 e. The first-order valence-electron chi connectivity index (χ1n) is 17.7. The molecule has 1 aliphatic rings. The minimum absolute atomic E-state index is 0.101. The monoisotopic (exact) mass is 675 g/mol. The molecule has 0 spiro atoms. The molecule has 1 heterocycles. The van der Waals surface area contributed by atoms with Crippen LogP contribution in [0, 0.1) is 11.8 Å². The predicted octanol–water partition coefficient (Wildman–Crippen LogP) is 9.54. The predicted molar refractivity (Wildman–Crippen MR) is 203 cm³/mol. The molecule has 1 aromatic heterocycles. The van der Waals surface area contributed by atoms with Gasteiger partial charge in [0.2, 0.25) is 11.8 Å². The summed E-state index contributed by atoms with van der Waals surface area (Å²) >= 11 is 6.26. The molecule has 6 rings (SSSR count). The zero-order valence-corrected chi connectivity index (χ0v) is 29.8. The van der Waals surface area contributed by atoms with E-state index >= 15 is 0 Å². The summed E-state index contributed by atoms with van der Waals surface area (Å²) < 4.78 is 6.87. The lowest BCUT2D eigenvalue weighted by Gasteiger charge is -2.42. The lowest BCUT2D eigenvalue weighted by atomic mass is 9.73. The third-order valence-corrected chi connectivity index (χ3v) is 10.3. The van der Waals surface area contributed by atoms with Crippen LogP contribution in [0.4, 0.5) is 11.6 Å². The first-order valence-corrected chi connectivity index (χ1v) is 18.0. The van der Waals surface area contributed by atoms with Crippen molar-refractivity contribution in [2.45, 2.75) is 63.6 Å². The lowest BCUT2D eigenvalue weighted by molar-refractivity contribution is 0.135. The molecular weight excluding hydrogens is 626 g/mol. The van der Waals surface area contributed by atoms with E-state index in [1.165, 1.54) is 16.7 Å². The first kappa shape index (κ1) is 34.8. The summed E-state index contributed by atoms with van der Waals surface area (Å²) in [6, 6.07) is 40.4. The quantitative estimate of drug-likeness (QED) is 0.114.